The standard InChI is InChI=1S/C17H20N2O3S/c1-17(8-5-9-17)18-14(20)11-23-13-10-15(21)19(16(13)22)12-6-3-2-4-7-12/h2-4,6-7,13H,5,8-11H2,1H3,(H,18,20)/t13-/m0/s1. The predicted molar refractivity (Wildman–Crippen MR) is 90.2 cm³/mol. The van der Waals surface area contributed by atoms with E-state index < -0.39 is 5.25 Å². The molecule has 1 heterocycles. The predicted octanol–water partition coefficient (Wildman–Crippen LogP) is 2.11. The minimum atomic E-state index is -0.470. The van der Waals surface area contributed by atoms with Gasteiger partial charge >= 0.3 is 0 Å². The molecule has 0 radical (unpaired) electrons. The van der Waals surface area contributed by atoms with E-state index in [1.165, 1.54) is 16.7 Å². The normalized spacial score (nSPS) is 22.8. The number of nitrogens with zero attached hydrogens (tertiary/aromatic N) is 1. The minimum Gasteiger partial charge on any atom is -0.350 e. The van der Waals surface area contributed by atoms with Crippen molar-refractivity contribution in [1.29, 1.82) is 0 Å². The molecule has 1 aliphatic carbocycles. The number of amides is 3. The van der Waals surface area contributed by atoms with E-state index >= 15 is 0 Å². The van der Waals surface area contributed by atoms with Gasteiger partial charge in [-0.3, -0.25) is 14.4 Å². The van der Waals surface area contributed by atoms with E-state index in [0.717, 1.165) is 19.3 Å². The Hall–Kier alpha value is -1.82. The molecule has 1 atom stereocenters. The maximum atomic E-state index is 12.4. The third-order valence-electron chi connectivity index (χ3n) is 4.43. The van der Waals surface area contributed by atoms with E-state index in [4.69, 9.17) is 0 Å². The Labute approximate surface area is 139 Å². The summed E-state index contributed by atoms with van der Waals surface area (Å²) in [7, 11) is 0. The van der Waals surface area contributed by atoms with Crippen LogP contribution in [-0.2, 0) is 14.4 Å². The van der Waals surface area contributed by atoms with Gasteiger partial charge in [0.1, 0.15) is 0 Å². The lowest BCUT2D eigenvalue weighted by molar-refractivity contribution is -0.122. The smallest absolute Gasteiger partial charge is 0.247 e. The molecule has 2 aliphatic rings. The van der Waals surface area contributed by atoms with Crippen LogP contribution in [0, 0.1) is 0 Å². The summed E-state index contributed by atoms with van der Waals surface area (Å²) in [5.74, 6) is -0.281. The fourth-order valence-corrected chi connectivity index (χ4v) is 3.90. The Morgan fingerprint density at radius 3 is 2.61 bits per heavy atom. The second-order valence-electron chi connectivity index (χ2n) is 6.37. The van der Waals surface area contributed by atoms with Gasteiger partial charge < -0.3 is 5.32 Å². The number of hydrogen-bond donors (Lipinski definition) is 1. The fourth-order valence-electron chi connectivity index (χ4n) is 2.96. The highest BCUT2D eigenvalue weighted by molar-refractivity contribution is 8.01. The van der Waals surface area contributed by atoms with Crippen LogP contribution in [0.4, 0.5) is 5.69 Å². The van der Waals surface area contributed by atoms with Gasteiger partial charge in [-0.1, -0.05) is 18.2 Å². The van der Waals surface area contributed by atoms with Crippen LogP contribution in [0.2, 0.25) is 0 Å². The number of para-hydroxylation sites is 1. The van der Waals surface area contributed by atoms with Crippen molar-refractivity contribution in [2.24, 2.45) is 0 Å². The number of imide groups is 1. The zero-order valence-corrected chi connectivity index (χ0v) is 13.9. The number of benzene rings is 1. The lowest BCUT2D eigenvalue weighted by atomic mass is 9.78. The summed E-state index contributed by atoms with van der Waals surface area (Å²) in [6, 6.07) is 8.92. The molecule has 0 bridgehead atoms. The van der Waals surface area contributed by atoms with E-state index in [2.05, 4.69) is 5.32 Å². The molecule has 3 rings (SSSR count). The molecule has 122 valence electrons. The number of carbonyl (C=O) groups excluding carboxylic acids is 3. The van der Waals surface area contributed by atoms with Crippen molar-refractivity contribution in [3.63, 3.8) is 0 Å². The Kier molecular flexibility index (Phi) is 4.43. The third-order valence-corrected chi connectivity index (χ3v) is 5.63. The summed E-state index contributed by atoms with van der Waals surface area (Å²) in [5, 5.41) is 2.55. The highest BCUT2D eigenvalue weighted by Crippen LogP contribution is 2.32. The monoisotopic (exact) mass is 332 g/mol. The average Bonchev–Trinajstić information content (AvgIpc) is 2.79. The molecule has 2 fully saturated rings. The van der Waals surface area contributed by atoms with E-state index in [-0.39, 0.29) is 35.4 Å². The molecule has 1 aromatic rings. The lowest BCUT2D eigenvalue weighted by Gasteiger charge is -2.39. The molecule has 1 aromatic carbocycles. The van der Waals surface area contributed by atoms with E-state index in [1.54, 1.807) is 24.3 Å². The van der Waals surface area contributed by atoms with Crippen LogP contribution in [0.5, 0.6) is 0 Å². The van der Waals surface area contributed by atoms with Crippen molar-refractivity contribution >= 4 is 35.2 Å². The Morgan fingerprint density at radius 2 is 2.00 bits per heavy atom. The Balaban J connectivity index is 1.56. The summed E-state index contributed by atoms with van der Waals surface area (Å²) in [6.07, 6.45) is 3.31. The highest BCUT2D eigenvalue weighted by Gasteiger charge is 2.40. The minimum absolute atomic E-state index is 0.0596. The van der Waals surface area contributed by atoms with Crippen molar-refractivity contribution < 1.29 is 14.4 Å². The Bertz CT molecular complexity index is 628. The second kappa shape index (κ2) is 6.35. The van der Waals surface area contributed by atoms with Crippen molar-refractivity contribution in [2.45, 2.75) is 43.4 Å². The molecule has 6 heteroatoms. The number of anilines is 1. The maximum Gasteiger partial charge on any atom is 0.247 e. The molecule has 1 aliphatic heterocycles. The van der Waals surface area contributed by atoms with Gasteiger partial charge in [0.05, 0.1) is 16.7 Å². The van der Waals surface area contributed by atoms with Crippen LogP contribution < -0.4 is 10.2 Å². The van der Waals surface area contributed by atoms with Gasteiger partial charge in [-0.05, 0) is 38.3 Å². The first kappa shape index (κ1) is 16.1. The molecule has 1 N–H and O–H groups in total. The molecule has 23 heavy (non-hydrogen) atoms. The largest absolute Gasteiger partial charge is 0.350 e. The molecule has 1 saturated carbocycles. The van der Waals surface area contributed by atoms with Crippen LogP contribution >= 0.6 is 11.8 Å². The van der Waals surface area contributed by atoms with Crippen molar-refractivity contribution in [3.05, 3.63) is 30.3 Å². The average molecular weight is 332 g/mol. The Morgan fingerprint density at radius 1 is 1.30 bits per heavy atom. The van der Waals surface area contributed by atoms with E-state index in [1.807, 2.05) is 13.0 Å². The first-order chi connectivity index (χ1) is 11.0. The first-order valence-corrected chi connectivity index (χ1v) is 8.88. The molecule has 0 spiro atoms. The first-order valence-electron chi connectivity index (χ1n) is 7.83. The zero-order chi connectivity index (χ0) is 16.4. The number of hydrogen-bond acceptors (Lipinski definition) is 4. The number of nitrogens with one attached hydrogen (secondary N) is 1. The third kappa shape index (κ3) is 3.42. The van der Waals surface area contributed by atoms with Gasteiger partial charge in [-0.2, -0.15) is 0 Å². The number of carbonyl (C=O) groups is 3. The lowest BCUT2D eigenvalue weighted by Crippen LogP contribution is -2.51. The quantitative estimate of drug-likeness (QED) is 0.839. The van der Waals surface area contributed by atoms with E-state index in [0.29, 0.717) is 5.69 Å². The zero-order valence-electron chi connectivity index (χ0n) is 13.1. The summed E-state index contributed by atoms with van der Waals surface area (Å²) < 4.78 is 0. The number of thioether (sulfide) groups is 1. The van der Waals surface area contributed by atoms with Crippen LogP contribution in [0.15, 0.2) is 30.3 Å². The summed E-state index contributed by atoms with van der Waals surface area (Å²) in [5.41, 5.74) is 0.514. The number of rotatable bonds is 5. The SMILES string of the molecule is CC1(NC(=O)CS[C@H]2CC(=O)N(c3ccccc3)C2=O)CCC1. The van der Waals surface area contributed by atoms with Gasteiger partial charge in [-0.25, -0.2) is 4.90 Å². The maximum absolute atomic E-state index is 12.4. The van der Waals surface area contributed by atoms with Gasteiger partial charge in [0, 0.05) is 12.0 Å². The molecular weight excluding hydrogens is 312 g/mol. The molecule has 0 aromatic heterocycles. The van der Waals surface area contributed by atoms with Gasteiger partial charge in [0.15, 0.2) is 0 Å². The van der Waals surface area contributed by atoms with Crippen LogP contribution in [0.3, 0.4) is 0 Å². The summed E-state index contributed by atoms with van der Waals surface area (Å²) in [6.45, 7) is 2.04. The molecule has 3 amide bonds. The second-order valence-corrected chi connectivity index (χ2v) is 7.56. The van der Waals surface area contributed by atoms with Gasteiger partial charge in [0.25, 0.3) is 0 Å². The van der Waals surface area contributed by atoms with E-state index in [9.17, 15) is 14.4 Å². The molecule has 0 unspecified atom stereocenters. The molecule has 1 saturated heterocycles. The van der Waals surface area contributed by atoms with Crippen molar-refractivity contribution in [1.82, 2.24) is 5.32 Å². The molecular formula is C17H20N2O3S. The molecule has 5 nitrogen and oxygen atoms in total. The topological polar surface area (TPSA) is 66.5 Å². The van der Waals surface area contributed by atoms with Crippen LogP contribution in [0.1, 0.15) is 32.6 Å². The van der Waals surface area contributed by atoms with Gasteiger partial charge in [0.2, 0.25) is 17.7 Å². The van der Waals surface area contributed by atoms with Crippen LogP contribution in [-0.4, -0.2) is 34.3 Å². The highest BCUT2D eigenvalue weighted by atomic mass is 32.2. The fraction of sp³-hybridized carbons (Fsp3) is 0.471. The summed E-state index contributed by atoms with van der Waals surface area (Å²) >= 11 is 1.25. The summed E-state index contributed by atoms with van der Waals surface area (Å²) in [4.78, 5) is 37.8. The van der Waals surface area contributed by atoms with Crippen LogP contribution in [0.25, 0.3) is 0 Å². The van der Waals surface area contributed by atoms with Crippen molar-refractivity contribution in [3.8, 4) is 0 Å². The van der Waals surface area contributed by atoms with Gasteiger partial charge in [-0.15, -0.1) is 11.8 Å². The van der Waals surface area contributed by atoms with Crippen molar-refractivity contribution in [2.75, 3.05) is 10.7 Å².